The van der Waals surface area contributed by atoms with Crippen LogP contribution in [0.25, 0.3) is 0 Å². The fourth-order valence-corrected chi connectivity index (χ4v) is 2.90. The van der Waals surface area contributed by atoms with Gasteiger partial charge in [0.1, 0.15) is 5.75 Å². The Morgan fingerprint density at radius 1 is 1.50 bits per heavy atom. The molecule has 0 aliphatic carbocycles. The number of benzene rings is 1. The van der Waals surface area contributed by atoms with Crippen molar-refractivity contribution < 1.29 is 4.74 Å². The van der Waals surface area contributed by atoms with Crippen molar-refractivity contribution in [3.8, 4) is 5.75 Å². The van der Waals surface area contributed by atoms with Crippen molar-refractivity contribution in [1.82, 2.24) is 5.32 Å². The quantitative estimate of drug-likeness (QED) is 0.850. The molecule has 1 aliphatic heterocycles. The van der Waals surface area contributed by atoms with Gasteiger partial charge in [0.25, 0.3) is 0 Å². The van der Waals surface area contributed by atoms with Crippen molar-refractivity contribution in [1.29, 1.82) is 0 Å². The smallest absolute Gasteiger partial charge is 0.127 e. The summed E-state index contributed by atoms with van der Waals surface area (Å²) < 4.78 is 5.74. The summed E-state index contributed by atoms with van der Waals surface area (Å²) in [5.41, 5.74) is 2.68. The van der Waals surface area contributed by atoms with Crippen molar-refractivity contribution >= 4 is 11.8 Å². The van der Waals surface area contributed by atoms with Crippen molar-refractivity contribution in [2.24, 2.45) is 0 Å². The Labute approximate surface area is 102 Å². The summed E-state index contributed by atoms with van der Waals surface area (Å²) in [5.74, 6) is 3.39. The summed E-state index contributed by atoms with van der Waals surface area (Å²) >= 11 is 1.96. The number of hydrogen-bond acceptors (Lipinski definition) is 3. The molecule has 0 bridgehead atoms. The molecule has 16 heavy (non-hydrogen) atoms. The van der Waals surface area contributed by atoms with Crippen molar-refractivity contribution in [2.75, 3.05) is 25.2 Å². The van der Waals surface area contributed by atoms with Crippen LogP contribution in [-0.2, 0) is 6.42 Å². The second-order valence-corrected chi connectivity index (χ2v) is 5.25. The van der Waals surface area contributed by atoms with E-state index >= 15 is 0 Å². The van der Waals surface area contributed by atoms with Crippen LogP contribution in [0.2, 0.25) is 0 Å². The van der Waals surface area contributed by atoms with Gasteiger partial charge in [-0.3, -0.25) is 0 Å². The zero-order valence-corrected chi connectivity index (χ0v) is 10.8. The van der Waals surface area contributed by atoms with Crippen LogP contribution in [0, 0.1) is 0 Å². The van der Waals surface area contributed by atoms with E-state index in [0.29, 0.717) is 6.04 Å². The van der Waals surface area contributed by atoms with E-state index in [0.717, 1.165) is 30.3 Å². The van der Waals surface area contributed by atoms with E-state index in [4.69, 9.17) is 4.74 Å². The molecule has 0 saturated carbocycles. The molecule has 88 valence electrons. The first-order valence-electron chi connectivity index (χ1n) is 5.86. The zero-order chi connectivity index (χ0) is 11.4. The average Bonchev–Trinajstić information content (AvgIpc) is 2.78. The van der Waals surface area contributed by atoms with Crippen LogP contribution in [-0.4, -0.2) is 25.2 Å². The van der Waals surface area contributed by atoms with Gasteiger partial charge in [-0.25, -0.2) is 0 Å². The van der Waals surface area contributed by atoms with Crippen LogP contribution in [0.4, 0.5) is 0 Å². The third-order valence-corrected chi connectivity index (χ3v) is 3.93. The molecule has 0 amide bonds. The Kier molecular flexibility index (Phi) is 4.13. The van der Waals surface area contributed by atoms with Gasteiger partial charge in [0.2, 0.25) is 0 Å². The van der Waals surface area contributed by atoms with Gasteiger partial charge >= 0.3 is 0 Å². The van der Waals surface area contributed by atoms with Crippen molar-refractivity contribution in [3.05, 3.63) is 29.3 Å². The molecule has 3 heteroatoms. The van der Waals surface area contributed by atoms with E-state index in [2.05, 4.69) is 30.4 Å². The van der Waals surface area contributed by atoms with E-state index in [-0.39, 0.29) is 0 Å². The van der Waals surface area contributed by atoms with Crippen LogP contribution >= 0.6 is 11.8 Å². The van der Waals surface area contributed by atoms with Gasteiger partial charge in [0, 0.05) is 23.8 Å². The maximum atomic E-state index is 5.74. The summed E-state index contributed by atoms with van der Waals surface area (Å²) in [7, 11) is 2.02. The number of rotatable bonds is 5. The van der Waals surface area contributed by atoms with Crippen molar-refractivity contribution in [2.45, 2.75) is 19.4 Å². The molecule has 1 aromatic rings. The fourth-order valence-electron chi connectivity index (χ4n) is 2.08. The lowest BCUT2D eigenvalue weighted by atomic mass is 10.0. The van der Waals surface area contributed by atoms with E-state index in [9.17, 15) is 0 Å². The molecular weight excluding hydrogens is 218 g/mol. The Balaban J connectivity index is 2.21. The minimum atomic E-state index is 0.401. The highest BCUT2D eigenvalue weighted by Crippen LogP contribution is 2.34. The lowest BCUT2D eigenvalue weighted by Crippen LogP contribution is -2.19. The number of nitrogens with one attached hydrogen (secondary N) is 1. The standard InChI is InChI=1S/C13H19NOS/c1-3-16-9-12(14-2)11-6-4-5-10-7-8-15-13(10)11/h4-6,12,14H,3,7-9H2,1-2H3. The van der Waals surface area contributed by atoms with Gasteiger partial charge in [0.05, 0.1) is 6.61 Å². The van der Waals surface area contributed by atoms with E-state index in [1.54, 1.807) is 0 Å². The monoisotopic (exact) mass is 237 g/mol. The second kappa shape index (κ2) is 5.60. The molecule has 2 nitrogen and oxygen atoms in total. The van der Waals surface area contributed by atoms with E-state index < -0.39 is 0 Å². The maximum absolute atomic E-state index is 5.74. The molecule has 1 heterocycles. The Hall–Kier alpha value is -0.670. The Bertz CT molecular complexity index is 354. The first kappa shape index (κ1) is 11.8. The summed E-state index contributed by atoms with van der Waals surface area (Å²) in [6.45, 7) is 3.03. The normalized spacial score (nSPS) is 15.6. The zero-order valence-electron chi connectivity index (χ0n) is 9.95. The molecule has 0 spiro atoms. The van der Waals surface area contributed by atoms with E-state index in [1.165, 1.54) is 11.1 Å². The number of fused-ring (bicyclic) bond motifs is 1. The first-order valence-corrected chi connectivity index (χ1v) is 7.02. The Morgan fingerprint density at radius 3 is 3.12 bits per heavy atom. The lowest BCUT2D eigenvalue weighted by molar-refractivity contribution is 0.350. The fraction of sp³-hybridized carbons (Fsp3) is 0.538. The highest BCUT2D eigenvalue weighted by molar-refractivity contribution is 7.99. The molecule has 0 saturated heterocycles. The van der Waals surface area contributed by atoms with Crippen LogP contribution in [0.15, 0.2) is 18.2 Å². The van der Waals surface area contributed by atoms with Crippen LogP contribution < -0.4 is 10.1 Å². The third-order valence-electron chi connectivity index (χ3n) is 2.96. The lowest BCUT2D eigenvalue weighted by Gasteiger charge is -2.18. The summed E-state index contributed by atoms with van der Waals surface area (Å²) in [5, 5.41) is 3.38. The molecule has 1 aliphatic rings. The van der Waals surface area contributed by atoms with Gasteiger partial charge in [-0.15, -0.1) is 0 Å². The predicted octanol–water partition coefficient (Wildman–Crippen LogP) is 2.64. The number of para-hydroxylation sites is 1. The number of thioether (sulfide) groups is 1. The third kappa shape index (κ3) is 2.36. The minimum Gasteiger partial charge on any atom is -0.493 e. The van der Waals surface area contributed by atoms with Crippen molar-refractivity contribution in [3.63, 3.8) is 0 Å². The second-order valence-electron chi connectivity index (χ2n) is 3.93. The van der Waals surface area contributed by atoms with Gasteiger partial charge < -0.3 is 10.1 Å². The predicted molar refractivity (Wildman–Crippen MR) is 70.4 cm³/mol. The summed E-state index contributed by atoms with van der Waals surface area (Å²) in [6.07, 6.45) is 1.06. The van der Waals surface area contributed by atoms with Gasteiger partial charge in [-0.05, 0) is 18.4 Å². The minimum absolute atomic E-state index is 0.401. The average molecular weight is 237 g/mol. The van der Waals surface area contributed by atoms with Crippen LogP contribution in [0.5, 0.6) is 5.75 Å². The first-order chi connectivity index (χ1) is 7.86. The van der Waals surface area contributed by atoms with E-state index in [1.807, 2.05) is 18.8 Å². The number of hydrogen-bond donors (Lipinski definition) is 1. The van der Waals surface area contributed by atoms with Crippen LogP contribution in [0.1, 0.15) is 24.1 Å². The molecule has 1 aromatic carbocycles. The van der Waals surface area contributed by atoms with Gasteiger partial charge in [0.15, 0.2) is 0 Å². The largest absolute Gasteiger partial charge is 0.493 e. The Morgan fingerprint density at radius 2 is 2.38 bits per heavy atom. The SMILES string of the molecule is CCSCC(NC)c1cccc2c1OCC2. The molecule has 0 radical (unpaired) electrons. The molecule has 1 unspecified atom stereocenters. The molecule has 2 rings (SSSR count). The molecule has 1 N–H and O–H groups in total. The summed E-state index contributed by atoms with van der Waals surface area (Å²) in [6, 6.07) is 6.90. The maximum Gasteiger partial charge on any atom is 0.127 e. The molecule has 1 atom stereocenters. The van der Waals surface area contributed by atoms with Gasteiger partial charge in [-0.2, -0.15) is 11.8 Å². The van der Waals surface area contributed by atoms with Crippen LogP contribution in [0.3, 0.4) is 0 Å². The highest BCUT2D eigenvalue weighted by Gasteiger charge is 2.20. The summed E-state index contributed by atoms with van der Waals surface area (Å²) in [4.78, 5) is 0. The number of ether oxygens (including phenoxy) is 1. The molecular formula is C13H19NOS. The molecule has 0 aromatic heterocycles. The highest BCUT2D eigenvalue weighted by atomic mass is 32.2. The molecule has 0 fully saturated rings. The van der Waals surface area contributed by atoms with Gasteiger partial charge in [-0.1, -0.05) is 25.1 Å². The topological polar surface area (TPSA) is 21.3 Å².